The number of rotatable bonds is 7. The second kappa shape index (κ2) is 8.06. The van der Waals surface area contributed by atoms with Crippen LogP contribution in [0.5, 0.6) is 0 Å². The fourth-order valence-corrected chi connectivity index (χ4v) is 2.45. The summed E-state index contributed by atoms with van der Waals surface area (Å²) in [6, 6.07) is 8.81. The number of benzene rings is 1. The first-order valence-corrected chi connectivity index (χ1v) is 8.18. The van der Waals surface area contributed by atoms with E-state index >= 15 is 0 Å². The molecule has 0 aromatic heterocycles. The average molecular weight is 326 g/mol. The quantitative estimate of drug-likeness (QED) is 0.665. The largest absolute Gasteiger partial charge is 0.316 e. The summed E-state index contributed by atoms with van der Waals surface area (Å²) in [5.41, 5.74) is 1.87. The van der Waals surface area contributed by atoms with Crippen LogP contribution in [-0.2, 0) is 0 Å². The van der Waals surface area contributed by atoms with Crippen LogP contribution in [0.15, 0.2) is 28.7 Å². The van der Waals surface area contributed by atoms with Crippen molar-refractivity contribution in [3.05, 3.63) is 34.3 Å². The van der Waals surface area contributed by atoms with Crippen molar-refractivity contribution in [3.8, 4) is 0 Å². The predicted octanol–water partition coefficient (Wildman–Crippen LogP) is 5.36. The van der Waals surface area contributed by atoms with E-state index in [2.05, 4.69) is 73.2 Å². The highest BCUT2D eigenvalue weighted by molar-refractivity contribution is 9.10. The fourth-order valence-electron chi connectivity index (χ4n) is 2.18. The van der Waals surface area contributed by atoms with E-state index in [4.69, 9.17) is 0 Å². The first kappa shape index (κ1) is 16.7. The van der Waals surface area contributed by atoms with E-state index < -0.39 is 0 Å². The molecule has 1 nitrogen and oxygen atoms in total. The lowest BCUT2D eigenvalue weighted by molar-refractivity contribution is 0.344. The number of hydrogen-bond donors (Lipinski definition) is 1. The molecule has 1 aromatic carbocycles. The Morgan fingerprint density at radius 2 is 1.79 bits per heavy atom. The van der Waals surface area contributed by atoms with Crippen LogP contribution < -0.4 is 5.32 Å². The fraction of sp³-hybridized carbons (Fsp3) is 0.647. The van der Waals surface area contributed by atoms with Gasteiger partial charge in [0.25, 0.3) is 0 Å². The van der Waals surface area contributed by atoms with Crippen LogP contribution in [0.25, 0.3) is 0 Å². The normalized spacial score (nSPS) is 13.5. The zero-order valence-electron chi connectivity index (χ0n) is 12.8. The Bertz CT molecular complexity index is 351. The molecule has 0 saturated heterocycles. The third-order valence-electron chi connectivity index (χ3n) is 3.40. The van der Waals surface area contributed by atoms with Gasteiger partial charge in [0, 0.05) is 11.0 Å². The van der Waals surface area contributed by atoms with Crippen molar-refractivity contribution in [2.45, 2.75) is 52.9 Å². The molecule has 0 bridgehead atoms. The van der Waals surface area contributed by atoms with Crippen molar-refractivity contribution in [3.63, 3.8) is 0 Å². The number of halogens is 1. The molecule has 0 amide bonds. The first-order chi connectivity index (χ1) is 8.92. The summed E-state index contributed by atoms with van der Waals surface area (Å²) in [5.74, 6) is 0.624. The van der Waals surface area contributed by atoms with Crippen molar-refractivity contribution >= 4 is 15.9 Å². The SMILES string of the molecule is CCCNCC(CCC(C)(C)C)c1ccc(Br)cc1. The van der Waals surface area contributed by atoms with Gasteiger partial charge in [-0.05, 0) is 54.8 Å². The van der Waals surface area contributed by atoms with E-state index in [0.29, 0.717) is 11.3 Å². The lowest BCUT2D eigenvalue weighted by Gasteiger charge is -2.24. The van der Waals surface area contributed by atoms with Gasteiger partial charge in [0.2, 0.25) is 0 Å². The van der Waals surface area contributed by atoms with Crippen molar-refractivity contribution in [2.75, 3.05) is 13.1 Å². The van der Waals surface area contributed by atoms with Crippen LogP contribution in [-0.4, -0.2) is 13.1 Å². The van der Waals surface area contributed by atoms with E-state index in [0.717, 1.165) is 17.6 Å². The second-order valence-corrected chi connectivity index (χ2v) is 7.47. The maximum atomic E-state index is 3.57. The number of nitrogens with one attached hydrogen (secondary N) is 1. The Kier molecular flexibility index (Phi) is 7.09. The Balaban J connectivity index is 2.65. The minimum Gasteiger partial charge on any atom is -0.316 e. The highest BCUT2D eigenvalue weighted by Gasteiger charge is 2.16. The summed E-state index contributed by atoms with van der Waals surface area (Å²) in [7, 11) is 0. The van der Waals surface area contributed by atoms with Gasteiger partial charge in [0.15, 0.2) is 0 Å². The molecular weight excluding hydrogens is 298 g/mol. The van der Waals surface area contributed by atoms with Gasteiger partial charge in [0.1, 0.15) is 0 Å². The van der Waals surface area contributed by atoms with Crippen LogP contribution in [0.1, 0.15) is 58.4 Å². The zero-order valence-corrected chi connectivity index (χ0v) is 14.4. The van der Waals surface area contributed by atoms with E-state index in [9.17, 15) is 0 Å². The Morgan fingerprint density at radius 1 is 1.16 bits per heavy atom. The van der Waals surface area contributed by atoms with Crippen molar-refractivity contribution in [2.24, 2.45) is 5.41 Å². The molecule has 1 atom stereocenters. The lowest BCUT2D eigenvalue weighted by Crippen LogP contribution is -2.23. The van der Waals surface area contributed by atoms with Crippen LogP contribution in [0.3, 0.4) is 0 Å². The highest BCUT2D eigenvalue weighted by Crippen LogP contribution is 2.29. The molecule has 1 N–H and O–H groups in total. The van der Waals surface area contributed by atoms with Gasteiger partial charge in [0.05, 0.1) is 0 Å². The van der Waals surface area contributed by atoms with Gasteiger partial charge in [-0.15, -0.1) is 0 Å². The first-order valence-electron chi connectivity index (χ1n) is 7.38. The molecule has 19 heavy (non-hydrogen) atoms. The van der Waals surface area contributed by atoms with Gasteiger partial charge in [-0.2, -0.15) is 0 Å². The molecule has 0 aliphatic carbocycles. The standard InChI is InChI=1S/C17H28BrN/c1-5-12-19-13-15(10-11-17(2,3)4)14-6-8-16(18)9-7-14/h6-9,15,19H,5,10-13H2,1-4H3. The van der Waals surface area contributed by atoms with E-state index in [1.54, 1.807) is 0 Å². The second-order valence-electron chi connectivity index (χ2n) is 6.55. The van der Waals surface area contributed by atoms with Crippen molar-refractivity contribution < 1.29 is 0 Å². The summed E-state index contributed by atoms with van der Waals surface area (Å²) in [5, 5.41) is 3.57. The summed E-state index contributed by atoms with van der Waals surface area (Å²) in [4.78, 5) is 0. The summed E-state index contributed by atoms with van der Waals surface area (Å²) < 4.78 is 1.16. The molecule has 1 aromatic rings. The van der Waals surface area contributed by atoms with E-state index in [1.807, 2.05) is 0 Å². The maximum Gasteiger partial charge on any atom is 0.0175 e. The van der Waals surface area contributed by atoms with Gasteiger partial charge >= 0.3 is 0 Å². The van der Waals surface area contributed by atoms with E-state index in [-0.39, 0.29) is 0 Å². The van der Waals surface area contributed by atoms with Crippen LogP contribution in [0.2, 0.25) is 0 Å². The summed E-state index contributed by atoms with van der Waals surface area (Å²) >= 11 is 3.51. The lowest BCUT2D eigenvalue weighted by atomic mass is 9.84. The highest BCUT2D eigenvalue weighted by atomic mass is 79.9. The minimum absolute atomic E-state index is 0.415. The van der Waals surface area contributed by atoms with Gasteiger partial charge in [-0.25, -0.2) is 0 Å². The molecule has 108 valence electrons. The smallest absolute Gasteiger partial charge is 0.0175 e. The molecule has 0 radical (unpaired) electrons. The average Bonchev–Trinajstić information content (AvgIpc) is 2.34. The molecule has 0 heterocycles. The Labute approximate surface area is 127 Å². The monoisotopic (exact) mass is 325 g/mol. The third-order valence-corrected chi connectivity index (χ3v) is 3.93. The molecule has 0 saturated carbocycles. The summed E-state index contributed by atoms with van der Waals surface area (Å²) in [6.45, 7) is 11.4. The molecule has 0 spiro atoms. The van der Waals surface area contributed by atoms with Gasteiger partial charge in [-0.3, -0.25) is 0 Å². The molecular formula is C17H28BrN. The Morgan fingerprint density at radius 3 is 2.32 bits per heavy atom. The van der Waals surface area contributed by atoms with Crippen LogP contribution in [0.4, 0.5) is 0 Å². The van der Waals surface area contributed by atoms with E-state index in [1.165, 1.54) is 24.8 Å². The van der Waals surface area contributed by atoms with Crippen molar-refractivity contribution in [1.29, 1.82) is 0 Å². The molecule has 1 unspecified atom stereocenters. The van der Waals surface area contributed by atoms with Gasteiger partial charge < -0.3 is 5.32 Å². The molecule has 2 heteroatoms. The minimum atomic E-state index is 0.415. The zero-order chi connectivity index (χ0) is 14.3. The molecule has 0 aliphatic heterocycles. The maximum absolute atomic E-state index is 3.57. The predicted molar refractivity (Wildman–Crippen MR) is 88.7 cm³/mol. The van der Waals surface area contributed by atoms with Crippen LogP contribution in [0, 0.1) is 5.41 Å². The topological polar surface area (TPSA) is 12.0 Å². The Hall–Kier alpha value is -0.340. The number of hydrogen-bond acceptors (Lipinski definition) is 1. The molecule has 1 rings (SSSR count). The third kappa shape index (κ3) is 7.12. The molecule has 0 fully saturated rings. The van der Waals surface area contributed by atoms with Crippen LogP contribution >= 0.6 is 15.9 Å². The molecule has 0 aliphatic rings. The van der Waals surface area contributed by atoms with Crippen molar-refractivity contribution in [1.82, 2.24) is 5.32 Å². The van der Waals surface area contributed by atoms with Gasteiger partial charge in [-0.1, -0.05) is 55.8 Å². The summed E-state index contributed by atoms with van der Waals surface area (Å²) in [6.07, 6.45) is 3.72.